The van der Waals surface area contributed by atoms with Crippen molar-refractivity contribution in [1.29, 1.82) is 0 Å². The molecule has 0 fully saturated rings. The van der Waals surface area contributed by atoms with Crippen LogP contribution in [0.1, 0.15) is 0 Å². The molecule has 0 unspecified atom stereocenters. The van der Waals surface area contributed by atoms with Gasteiger partial charge in [0.2, 0.25) is 5.95 Å². The Morgan fingerprint density at radius 2 is 2.33 bits per heavy atom. The molecule has 0 spiro atoms. The number of hydrogen-bond donors (Lipinski definition) is 1. The molecular formula is C6H4BrClN4. The van der Waals surface area contributed by atoms with E-state index in [1.807, 2.05) is 0 Å². The Morgan fingerprint density at radius 1 is 1.58 bits per heavy atom. The van der Waals surface area contributed by atoms with Gasteiger partial charge in [0, 0.05) is 12.4 Å². The molecule has 0 saturated carbocycles. The van der Waals surface area contributed by atoms with Gasteiger partial charge in [-0.25, -0.2) is 9.97 Å². The summed E-state index contributed by atoms with van der Waals surface area (Å²) in [6, 6.07) is 0. The van der Waals surface area contributed by atoms with Crippen LogP contribution in [0.5, 0.6) is 0 Å². The molecule has 6 heteroatoms. The zero-order valence-electron chi connectivity index (χ0n) is 5.83. The molecule has 62 valence electrons. The highest BCUT2D eigenvalue weighted by atomic mass is 79.9. The Balaban J connectivity index is 2.97. The fraction of sp³-hybridized carbons (Fsp3) is 0. The van der Waals surface area contributed by atoms with Crippen molar-refractivity contribution in [2.45, 2.75) is 0 Å². The van der Waals surface area contributed by atoms with E-state index in [2.05, 4.69) is 25.9 Å². The highest BCUT2D eigenvalue weighted by molar-refractivity contribution is 9.10. The van der Waals surface area contributed by atoms with Crippen LogP contribution in [0.3, 0.4) is 0 Å². The number of hydrogen-bond acceptors (Lipinski definition) is 3. The van der Waals surface area contributed by atoms with E-state index in [9.17, 15) is 0 Å². The van der Waals surface area contributed by atoms with Gasteiger partial charge in [0.25, 0.3) is 0 Å². The molecule has 4 nitrogen and oxygen atoms in total. The van der Waals surface area contributed by atoms with Crippen LogP contribution in [-0.4, -0.2) is 14.4 Å². The lowest BCUT2D eigenvalue weighted by molar-refractivity contribution is 1.10. The first-order valence-electron chi connectivity index (χ1n) is 3.13. The van der Waals surface area contributed by atoms with Gasteiger partial charge in [-0.3, -0.25) is 4.40 Å². The summed E-state index contributed by atoms with van der Waals surface area (Å²) in [6.07, 6.45) is 3.35. The van der Waals surface area contributed by atoms with Crippen molar-refractivity contribution in [1.82, 2.24) is 14.4 Å². The number of anilines is 1. The Bertz CT molecular complexity index is 438. The summed E-state index contributed by atoms with van der Waals surface area (Å²) in [6.45, 7) is 0. The summed E-state index contributed by atoms with van der Waals surface area (Å²) in [4.78, 5) is 7.94. The Hall–Kier alpha value is -0.810. The lowest BCUT2D eigenvalue weighted by Crippen LogP contribution is -2.00. The number of rotatable bonds is 0. The van der Waals surface area contributed by atoms with Gasteiger partial charge in [0.15, 0.2) is 10.8 Å². The summed E-state index contributed by atoms with van der Waals surface area (Å²) in [5.41, 5.74) is 6.25. The molecule has 0 aliphatic heterocycles. The molecule has 2 rings (SSSR count). The Kier molecular flexibility index (Phi) is 1.69. The van der Waals surface area contributed by atoms with Crippen LogP contribution in [0.4, 0.5) is 5.95 Å². The smallest absolute Gasteiger partial charge is 0.207 e. The molecule has 2 heterocycles. The minimum Gasteiger partial charge on any atom is -0.369 e. The van der Waals surface area contributed by atoms with Crippen molar-refractivity contribution in [3.8, 4) is 0 Å². The third-order valence-electron chi connectivity index (χ3n) is 1.48. The third kappa shape index (κ3) is 0.971. The molecule has 0 amide bonds. The Morgan fingerprint density at radius 3 is 3.08 bits per heavy atom. The molecule has 0 aromatic carbocycles. The Labute approximate surface area is 81.5 Å². The molecule has 0 saturated heterocycles. The molecule has 12 heavy (non-hydrogen) atoms. The van der Waals surface area contributed by atoms with Gasteiger partial charge in [0.1, 0.15) is 0 Å². The lowest BCUT2D eigenvalue weighted by Gasteiger charge is -2.01. The number of aromatic nitrogens is 3. The molecule has 2 N–H and O–H groups in total. The van der Waals surface area contributed by atoms with E-state index >= 15 is 0 Å². The number of nitrogens with two attached hydrogens (primary N) is 1. The number of halogens is 2. The maximum absolute atomic E-state index is 5.76. The first kappa shape index (κ1) is 7.82. The largest absolute Gasteiger partial charge is 0.369 e. The third-order valence-corrected chi connectivity index (χ3v) is 2.71. The van der Waals surface area contributed by atoms with Crippen LogP contribution >= 0.6 is 27.5 Å². The molecule has 0 radical (unpaired) electrons. The van der Waals surface area contributed by atoms with E-state index in [-0.39, 0.29) is 0 Å². The van der Waals surface area contributed by atoms with Gasteiger partial charge >= 0.3 is 0 Å². The first-order valence-corrected chi connectivity index (χ1v) is 4.31. The molecule has 2 aromatic rings. The van der Waals surface area contributed by atoms with Gasteiger partial charge in [-0.15, -0.1) is 0 Å². The standard InChI is InChI=1S/C6H4BrClN4/c7-3-4(8)11-6(9)12-2-1-10-5(3)12/h1-2H,(H2,9,11). The van der Waals surface area contributed by atoms with E-state index in [4.69, 9.17) is 17.3 Å². The predicted molar refractivity (Wildman–Crippen MR) is 50.1 cm³/mol. The number of nitrogens with zero attached hydrogens (tertiary/aromatic N) is 3. The van der Waals surface area contributed by atoms with Crippen molar-refractivity contribution >= 4 is 39.1 Å². The predicted octanol–water partition coefficient (Wildman–Crippen LogP) is 1.73. The minimum atomic E-state index is 0.325. The summed E-state index contributed by atoms with van der Waals surface area (Å²) in [7, 11) is 0. The number of imidazole rings is 1. The fourth-order valence-corrected chi connectivity index (χ4v) is 1.50. The SMILES string of the molecule is Nc1nc(Cl)c(Br)c2nccn12. The zero-order valence-corrected chi connectivity index (χ0v) is 8.17. The highest BCUT2D eigenvalue weighted by Gasteiger charge is 2.08. The highest BCUT2D eigenvalue weighted by Crippen LogP contribution is 2.25. The van der Waals surface area contributed by atoms with Crippen LogP contribution in [0.2, 0.25) is 5.15 Å². The van der Waals surface area contributed by atoms with Crippen LogP contribution in [0.25, 0.3) is 5.65 Å². The fourth-order valence-electron chi connectivity index (χ4n) is 0.946. The lowest BCUT2D eigenvalue weighted by atomic mass is 10.6. The first-order chi connectivity index (χ1) is 5.70. The maximum atomic E-state index is 5.76. The van der Waals surface area contributed by atoms with Crippen LogP contribution in [-0.2, 0) is 0 Å². The van der Waals surface area contributed by atoms with E-state index in [0.29, 0.717) is 21.2 Å². The van der Waals surface area contributed by atoms with Gasteiger partial charge in [0.05, 0.1) is 4.47 Å². The van der Waals surface area contributed by atoms with E-state index in [0.717, 1.165) is 0 Å². The minimum absolute atomic E-state index is 0.325. The topological polar surface area (TPSA) is 56.2 Å². The van der Waals surface area contributed by atoms with Crippen molar-refractivity contribution < 1.29 is 0 Å². The second-order valence-electron chi connectivity index (χ2n) is 2.20. The number of nitrogen functional groups attached to an aromatic ring is 1. The van der Waals surface area contributed by atoms with Crippen LogP contribution < -0.4 is 5.73 Å². The molecule has 2 aromatic heterocycles. The molecule has 0 bridgehead atoms. The molecule has 0 atom stereocenters. The summed E-state index contributed by atoms with van der Waals surface area (Å²) < 4.78 is 2.30. The van der Waals surface area contributed by atoms with Gasteiger partial charge in [-0.05, 0) is 15.9 Å². The van der Waals surface area contributed by atoms with Crippen molar-refractivity contribution in [3.63, 3.8) is 0 Å². The average molecular weight is 247 g/mol. The van der Waals surface area contributed by atoms with Crippen molar-refractivity contribution in [3.05, 3.63) is 22.0 Å². The molecule has 0 aliphatic rings. The summed E-state index contributed by atoms with van der Waals surface area (Å²) in [5.74, 6) is 0.329. The van der Waals surface area contributed by atoms with Gasteiger partial charge in [-0.2, -0.15) is 0 Å². The van der Waals surface area contributed by atoms with E-state index in [1.165, 1.54) is 0 Å². The van der Waals surface area contributed by atoms with E-state index in [1.54, 1.807) is 16.8 Å². The van der Waals surface area contributed by atoms with Crippen molar-refractivity contribution in [2.75, 3.05) is 5.73 Å². The summed E-state index contributed by atoms with van der Waals surface area (Å²) in [5, 5.41) is 0.325. The monoisotopic (exact) mass is 246 g/mol. The molecule has 0 aliphatic carbocycles. The second kappa shape index (κ2) is 2.60. The quantitative estimate of drug-likeness (QED) is 0.721. The van der Waals surface area contributed by atoms with Crippen molar-refractivity contribution in [2.24, 2.45) is 0 Å². The second-order valence-corrected chi connectivity index (χ2v) is 3.35. The maximum Gasteiger partial charge on any atom is 0.207 e. The normalized spacial score (nSPS) is 10.8. The van der Waals surface area contributed by atoms with Gasteiger partial charge in [-0.1, -0.05) is 11.6 Å². The molecular weight excluding hydrogens is 243 g/mol. The van der Waals surface area contributed by atoms with E-state index < -0.39 is 0 Å². The summed E-state index contributed by atoms with van der Waals surface area (Å²) >= 11 is 9.02. The van der Waals surface area contributed by atoms with Crippen LogP contribution in [0.15, 0.2) is 16.9 Å². The van der Waals surface area contributed by atoms with Gasteiger partial charge < -0.3 is 5.73 Å². The number of fused-ring (bicyclic) bond motifs is 1. The van der Waals surface area contributed by atoms with Crippen LogP contribution in [0, 0.1) is 0 Å². The average Bonchev–Trinajstić information content (AvgIpc) is 2.48. The zero-order chi connectivity index (χ0) is 8.72.